The van der Waals surface area contributed by atoms with Crippen molar-refractivity contribution in [3.8, 4) is 0 Å². The smallest absolute Gasteiger partial charge is 0.450 e. The summed E-state index contributed by atoms with van der Waals surface area (Å²) in [5.74, 6) is 0. The molecular formula is C10H13BrN2O5S. The van der Waals surface area contributed by atoms with Crippen molar-refractivity contribution < 1.29 is 23.1 Å². The summed E-state index contributed by atoms with van der Waals surface area (Å²) in [5, 5.41) is 11.0. The van der Waals surface area contributed by atoms with E-state index < -0.39 is 22.3 Å². The number of nitrogens with one attached hydrogen (secondary N) is 2. The second-order valence-corrected chi connectivity index (χ2v) is 6.01. The van der Waals surface area contributed by atoms with E-state index >= 15 is 0 Å². The maximum absolute atomic E-state index is 12.1. The maximum atomic E-state index is 12.1. The first-order valence-electron chi connectivity index (χ1n) is 5.16. The molecule has 0 heterocycles. The maximum Gasteiger partial charge on any atom is 0.505 e. The summed E-state index contributed by atoms with van der Waals surface area (Å²) >= 11 is 3.14. The topological polar surface area (TPSA) is 105 Å². The molecule has 1 unspecified atom stereocenters. The molecule has 0 saturated heterocycles. The molecule has 0 aliphatic carbocycles. The van der Waals surface area contributed by atoms with Gasteiger partial charge in [0, 0.05) is 4.47 Å². The van der Waals surface area contributed by atoms with Crippen LogP contribution in [0.4, 0.5) is 4.79 Å². The van der Waals surface area contributed by atoms with Crippen LogP contribution in [-0.2, 0) is 14.8 Å². The fourth-order valence-electron chi connectivity index (χ4n) is 1.24. The van der Waals surface area contributed by atoms with Crippen LogP contribution in [0.5, 0.6) is 0 Å². The average molecular weight is 353 g/mol. The molecule has 0 bridgehead atoms. The largest absolute Gasteiger partial charge is 0.505 e. The van der Waals surface area contributed by atoms with Crippen LogP contribution in [0.25, 0.3) is 0 Å². The number of halogens is 1. The van der Waals surface area contributed by atoms with Crippen molar-refractivity contribution in [2.45, 2.75) is 11.1 Å². The summed E-state index contributed by atoms with van der Waals surface area (Å²) in [5.41, 5.74) is 0. The molecule has 0 fully saturated rings. The highest BCUT2D eigenvalue weighted by molar-refractivity contribution is 9.10. The molecule has 19 heavy (non-hydrogen) atoms. The summed E-state index contributed by atoms with van der Waals surface area (Å²) in [6, 6.07) is 6.29. The lowest BCUT2D eigenvalue weighted by molar-refractivity contribution is 0.0819. The van der Waals surface area contributed by atoms with Crippen LogP contribution < -0.4 is 10.0 Å². The Balaban J connectivity index is 2.84. The molecule has 1 aromatic carbocycles. The van der Waals surface area contributed by atoms with Gasteiger partial charge in [-0.2, -0.15) is 4.72 Å². The fourth-order valence-corrected chi connectivity index (χ4v) is 3.44. The molecular weight excluding hydrogens is 340 g/mol. The Morgan fingerprint density at radius 2 is 2.11 bits per heavy atom. The lowest BCUT2D eigenvalue weighted by atomic mass is 10.4. The molecule has 0 spiro atoms. The van der Waals surface area contributed by atoms with Crippen molar-refractivity contribution in [2.75, 3.05) is 13.7 Å². The minimum Gasteiger partial charge on any atom is -0.450 e. The van der Waals surface area contributed by atoms with E-state index in [4.69, 9.17) is 5.11 Å². The van der Waals surface area contributed by atoms with Gasteiger partial charge in [-0.05, 0) is 35.1 Å². The number of rotatable bonds is 6. The number of ether oxygens (including phenoxy) is 1. The van der Waals surface area contributed by atoms with E-state index in [0.717, 1.165) is 0 Å². The third-order valence-corrected chi connectivity index (χ3v) is 4.63. The van der Waals surface area contributed by atoms with E-state index in [1.807, 2.05) is 0 Å². The quantitative estimate of drug-likeness (QED) is 0.520. The second-order valence-electron chi connectivity index (χ2n) is 3.47. The number of carboxylic acid groups (broad SMARTS) is 1. The minimum atomic E-state index is -3.78. The molecule has 9 heteroatoms. The van der Waals surface area contributed by atoms with Crippen LogP contribution in [-0.4, -0.2) is 39.5 Å². The lowest BCUT2D eigenvalue weighted by Gasteiger charge is -2.17. The molecule has 1 aromatic rings. The van der Waals surface area contributed by atoms with Gasteiger partial charge in [0.1, 0.15) is 12.8 Å². The number of hydrogen-bond acceptors (Lipinski definition) is 5. The van der Waals surface area contributed by atoms with Gasteiger partial charge in [0.2, 0.25) is 10.0 Å². The molecule has 106 valence electrons. The first kappa shape index (κ1) is 15.9. The number of carbonyl (C=O) groups is 1. The molecule has 0 aromatic heterocycles. The first-order valence-corrected chi connectivity index (χ1v) is 7.44. The number of hydrogen-bond donors (Lipinski definition) is 3. The molecule has 1 atom stereocenters. The SMILES string of the molecule is CNC(COC(=O)O)NS(=O)(=O)c1ccccc1Br. The number of sulfonamides is 1. The van der Waals surface area contributed by atoms with E-state index in [1.165, 1.54) is 13.1 Å². The zero-order chi connectivity index (χ0) is 14.5. The highest BCUT2D eigenvalue weighted by Crippen LogP contribution is 2.20. The predicted molar refractivity (Wildman–Crippen MR) is 71.3 cm³/mol. The van der Waals surface area contributed by atoms with Gasteiger partial charge < -0.3 is 15.2 Å². The van der Waals surface area contributed by atoms with Gasteiger partial charge in [-0.25, -0.2) is 13.2 Å². The van der Waals surface area contributed by atoms with Crippen molar-refractivity contribution in [1.82, 2.24) is 10.0 Å². The molecule has 0 saturated carbocycles. The van der Waals surface area contributed by atoms with Crippen molar-refractivity contribution >= 4 is 32.1 Å². The molecule has 3 N–H and O–H groups in total. The Morgan fingerprint density at radius 1 is 1.47 bits per heavy atom. The Hall–Kier alpha value is -1.16. The van der Waals surface area contributed by atoms with Gasteiger partial charge in [0.25, 0.3) is 0 Å². The van der Waals surface area contributed by atoms with Crippen molar-refractivity contribution in [1.29, 1.82) is 0 Å². The highest BCUT2D eigenvalue weighted by Gasteiger charge is 2.21. The van der Waals surface area contributed by atoms with E-state index in [9.17, 15) is 13.2 Å². The number of benzene rings is 1. The fraction of sp³-hybridized carbons (Fsp3) is 0.300. The third kappa shape index (κ3) is 4.78. The van der Waals surface area contributed by atoms with Gasteiger partial charge in [-0.15, -0.1) is 0 Å². The molecule has 0 amide bonds. The molecule has 0 radical (unpaired) electrons. The van der Waals surface area contributed by atoms with Crippen molar-refractivity contribution in [3.63, 3.8) is 0 Å². The van der Waals surface area contributed by atoms with Gasteiger partial charge in [0.15, 0.2) is 0 Å². The second kappa shape index (κ2) is 6.85. The summed E-state index contributed by atoms with van der Waals surface area (Å²) in [6.07, 6.45) is -2.33. The monoisotopic (exact) mass is 352 g/mol. The molecule has 1 rings (SSSR count). The Labute approximate surface area is 119 Å². The summed E-state index contributed by atoms with van der Waals surface area (Å²) < 4.78 is 31.2. The van der Waals surface area contributed by atoms with Crippen LogP contribution in [0.3, 0.4) is 0 Å². The van der Waals surface area contributed by atoms with Crippen molar-refractivity contribution in [2.24, 2.45) is 0 Å². The van der Waals surface area contributed by atoms with Gasteiger partial charge >= 0.3 is 6.16 Å². The summed E-state index contributed by atoms with van der Waals surface area (Å²) in [7, 11) is -2.30. The molecule has 7 nitrogen and oxygen atoms in total. The zero-order valence-corrected chi connectivity index (χ0v) is 12.4. The van der Waals surface area contributed by atoms with Crippen LogP contribution >= 0.6 is 15.9 Å². The average Bonchev–Trinajstić information content (AvgIpc) is 2.34. The Bertz CT molecular complexity index is 549. The van der Waals surface area contributed by atoms with E-state index in [-0.39, 0.29) is 11.5 Å². The van der Waals surface area contributed by atoms with E-state index in [1.54, 1.807) is 18.2 Å². The van der Waals surface area contributed by atoms with Crippen LogP contribution in [0, 0.1) is 0 Å². The van der Waals surface area contributed by atoms with Crippen molar-refractivity contribution in [3.05, 3.63) is 28.7 Å². The van der Waals surface area contributed by atoms with E-state index in [2.05, 4.69) is 30.7 Å². The normalized spacial score (nSPS) is 12.9. The van der Waals surface area contributed by atoms with Crippen LogP contribution in [0.2, 0.25) is 0 Å². The molecule has 0 aliphatic heterocycles. The third-order valence-electron chi connectivity index (χ3n) is 2.15. The lowest BCUT2D eigenvalue weighted by Crippen LogP contribution is -2.47. The summed E-state index contributed by atoms with van der Waals surface area (Å²) in [4.78, 5) is 10.3. The predicted octanol–water partition coefficient (Wildman–Crippen LogP) is 0.968. The van der Waals surface area contributed by atoms with Gasteiger partial charge in [-0.3, -0.25) is 0 Å². The highest BCUT2D eigenvalue weighted by atomic mass is 79.9. The minimum absolute atomic E-state index is 0.0607. The molecule has 0 aliphatic rings. The van der Waals surface area contributed by atoms with Crippen LogP contribution in [0.1, 0.15) is 0 Å². The Kier molecular flexibility index (Phi) is 5.73. The van der Waals surface area contributed by atoms with Crippen LogP contribution in [0.15, 0.2) is 33.6 Å². The van der Waals surface area contributed by atoms with E-state index in [0.29, 0.717) is 4.47 Å². The summed E-state index contributed by atoms with van der Waals surface area (Å²) in [6.45, 7) is -0.338. The number of likely N-dealkylation sites (N-methyl/N-ethyl adjacent to an activating group) is 1. The van der Waals surface area contributed by atoms with Gasteiger partial charge in [0.05, 0.1) is 4.90 Å². The zero-order valence-electron chi connectivity index (χ0n) is 9.96. The standard InChI is InChI=1S/C10H13BrN2O5S/c1-12-9(6-18-10(14)15)13-19(16,17)8-5-3-2-4-7(8)11/h2-5,9,12-13H,6H2,1H3,(H,14,15). The van der Waals surface area contributed by atoms with Gasteiger partial charge in [-0.1, -0.05) is 12.1 Å². The Morgan fingerprint density at radius 3 is 2.63 bits per heavy atom. The first-order chi connectivity index (χ1) is 8.86.